The highest BCUT2D eigenvalue weighted by molar-refractivity contribution is 7.12. The van der Waals surface area contributed by atoms with Crippen LogP contribution in [0.3, 0.4) is 0 Å². The molecule has 0 saturated carbocycles. The van der Waals surface area contributed by atoms with Crippen LogP contribution in [0.5, 0.6) is 0 Å². The molecule has 0 aliphatic rings. The maximum atomic E-state index is 11.6. The highest BCUT2D eigenvalue weighted by Crippen LogP contribution is 2.11. The van der Waals surface area contributed by atoms with E-state index in [0.29, 0.717) is 22.7 Å². The Morgan fingerprint density at radius 1 is 1.10 bits per heavy atom. The summed E-state index contributed by atoms with van der Waals surface area (Å²) in [6.45, 7) is 0. The molecule has 2 aromatic rings. The molecule has 0 saturated heterocycles. The standard InChI is InChI=1S/C14H13ClN2O2S/c15-11-6-3-10(4-7-11)5-8-13(18)16-17-14(19)12-2-1-9-20-12/h1-4,6-7,9H,5,8H2,(H,16,18)(H,17,19). The third-order valence-corrected chi connectivity index (χ3v) is 3.74. The predicted octanol–water partition coefficient (Wildman–Crippen LogP) is 2.80. The van der Waals surface area contributed by atoms with E-state index in [0.717, 1.165) is 5.56 Å². The molecule has 0 atom stereocenters. The Morgan fingerprint density at radius 2 is 1.85 bits per heavy atom. The number of hydrogen-bond acceptors (Lipinski definition) is 3. The van der Waals surface area contributed by atoms with Crippen molar-refractivity contribution in [2.75, 3.05) is 0 Å². The molecule has 0 spiro atoms. The Bertz CT molecular complexity index is 582. The number of rotatable bonds is 4. The molecule has 0 aliphatic heterocycles. The van der Waals surface area contributed by atoms with Gasteiger partial charge >= 0.3 is 0 Å². The quantitative estimate of drug-likeness (QED) is 0.853. The van der Waals surface area contributed by atoms with E-state index in [-0.39, 0.29) is 11.8 Å². The Balaban J connectivity index is 1.73. The lowest BCUT2D eigenvalue weighted by atomic mass is 10.1. The van der Waals surface area contributed by atoms with Crippen LogP contribution in [0.4, 0.5) is 0 Å². The molecular weight excluding hydrogens is 296 g/mol. The van der Waals surface area contributed by atoms with Gasteiger partial charge in [-0.15, -0.1) is 11.3 Å². The Morgan fingerprint density at radius 3 is 2.50 bits per heavy atom. The molecule has 0 fully saturated rings. The highest BCUT2D eigenvalue weighted by Gasteiger charge is 2.07. The first-order chi connectivity index (χ1) is 9.65. The summed E-state index contributed by atoms with van der Waals surface area (Å²) in [5.74, 6) is -0.537. The zero-order chi connectivity index (χ0) is 14.4. The van der Waals surface area contributed by atoms with Crippen molar-refractivity contribution < 1.29 is 9.59 Å². The van der Waals surface area contributed by atoms with Crippen molar-refractivity contribution in [1.29, 1.82) is 0 Å². The molecule has 0 aliphatic carbocycles. The average Bonchev–Trinajstić information content (AvgIpc) is 2.98. The topological polar surface area (TPSA) is 58.2 Å². The maximum Gasteiger partial charge on any atom is 0.279 e. The van der Waals surface area contributed by atoms with Gasteiger partial charge in [-0.05, 0) is 35.6 Å². The van der Waals surface area contributed by atoms with Crippen LogP contribution in [0.1, 0.15) is 21.7 Å². The second-order valence-corrected chi connectivity index (χ2v) is 5.49. The van der Waals surface area contributed by atoms with Gasteiger partial charge in [-0.2, -0.15) is 0 Å². The molecule has 1 aromatic carbocycles. The van der Waals surface area contributed by atoms with Crippen LogP contribution in [0, 0.1) is 0 Å². The van der Waals surface area contributed by atoms with Gasteiger partial charge in [0, 0.05) is 11.4 Å². The summed E-state index contributed by atoms with van der Waals surface area (Å²) in [5.41, 5.74) is 5.80. The largest absolute Gasteiger partial charge is 0.279 e. The fraction of sp³-hybridized carbons (Fsp3) is 0.143. The van der Waals surface area contributed by atoms with Crippen LogP contribution in [-0.4, -0.2) is 11.8 Å². The van der Waals surface area contributed by atoms with Crippen molar-refractivity contribution in [3.8, 4) is 0 Å². The van der Waals surface area contributed by atoms with E-state index in [4.69, 9.17) is 11.6 Å². The molecule has 1 aromatic heterocycles. The third kappa shape index (κ3) is 4.36. The molecule has 0 unspecified atom stereocenters. The van der Waals surface area contributed by atoms with Gasteiger partial charge in [-0.1, -0.05) is 29.8 Å². The number of thiophene rings is 1. The molecular formula is C14H13ClN2O2S. The highest BCUT2D eigenvalue weighted by atomic mass is 35.5. The smallest absolute Gasteiger partial charge is 0.273 e. The van der Waals surface area contributed by atoms with E-state index < -0.39 is 0 Å². The van der Waals surface area contributed by atoms with Crippen LogP contribution in [0.15, 0.2) is 41.8 Å². The monoisotopic (exact) mass is 308 g/mol. The number of hydrogen-bond donors (Lipinski definition) is 2. The molecule has 2 amide bonds. The summed E-state index contributed by atoms with van der Waals surface area (Å²) >= 11 is 7.10. The zero-order valence-corrected chi connectivity index (χ0v) is 12.1. The van der Waals surface area contributed by atoms with Crippen LogP contribution in [-0.2, 0) is 11.2 Å². The van der Waals surface area contributed by atoms with Gasteiger partial charge in [0.15, 0.2) is 0 Å². The number of halogens is 1. The summed E-state index contributed by atoms with van der Waals surface area (Å²) in [5, 5.41) is 2.47. The van der Waals surface area contributed by atoms with Crippen molar-refractivity contribution in [3.05, 3.63) is 57.2 Å². The number of carbonyl (C=O) groups is 2. The van der Waals surface area contributed by atoms with E-state index >= 15 is 0 Å². The lowest BCUT2D eigenvalue weighted by Gasteiger charge is -2.06. The minimum Gasteiger partial charge on any atom is -0.273 e. The number of nitrogens with one attached hydrogen (secondary N) is 2. The molecule has 0 radical (unpaired) electrons. The molecule has 20 heavy (non-hydrogen) atoms. The van der Waals surface area contributed by atoms with Crippen molar-refractivity contribution in [3.63, 3.8) is 0 Å². The van der Waals surface area contributed by atoms with Crippen LogP contribution in [0.25, 0.3) is 0 Å². The first-order valence-corrected chi connectivity index (χ1v) is 7.28. The summed E-state index contributed by atoms with van der Waals surface area (Å²) in [6, 6.07) is 10.8. The Kier molecular flexibility index (Phi) is 5.15. The SMILES string of the molecule is O=C(CCc1ccc(Cl)cc1)NNC(=O)c1cccs1. The molecule has 0 bridgehead atoms. The second-order valence-electron chi connectivity index (χ2n) is 4.11. The number of carbonyl (C=O) groups excluding carboxylic acids is 2. The number of hydrazine groups is 1. The fourth-order valence-corrected chi connectivity index (χ4v) is 2.31. The molecule has 104 valence electrons. The van der Waals surface area contributed by atoms with Crippen molar-refractivity contribution in [1.82, 2.24) is 10.9 Å². The summed E-state index contributed by atoms with van der Waals surface area (Å²) in [6.07, 6.45) is 0.893. The zero-order valence-electron chi connectivity index (χ0n) is 10.6. The average molecular weight is 309 g/mol. The number of amides is 2. The van der Waals surface area contributed by atoms with Crippen molar-refractivity contribution >= 4 is 34.8 Å². The maximum absolute atomic E-state index is 11.6. The number of aryl methyl sites for hydroxylation is 1. The summed E-state index contributed by atoms with van der Waals surface area (Å²) < 4.78 is 0. The second kappa shape index (κ2) is 7.07. The molecule has 6 heteroatoms. The Hall–Kier alpha value is -1.85. The van der Waals surface area contributed by atoms with Gasteiger partial charge in [-0.3, -0.25) is 20.4 Å². The molecule has 4 nitrogen and oxygen atoms in total. The molecule has 2 N–H and O–H groups in total. The van der Waals surface area contributed by atoms with Crippen molar-refractivity contribution in [2.24, 2.45) is 0 Å². The summed E-state index contributed by atoms with van der Waals surface area (Å²) in [7, 11) is 0. The van der Waals surface area contributed by atoms with Gasteiger partial charge in [0.2, 0.25) is 5.91 Å². The normalized spacial score (nSPS) is 10.1. The van der Waals surface area contributed by atoms with E-state index in [1.807, 2.05) is 12.1 Å². The minimum absolute atomic E-state index is 0.232. The minimum atomic E-state index is -0.306. The fourth-order valence-electron chi connectivity index (χ4n) is 1.57. The van der Waals surface area contributed by atoms with Crippen molar-refractivity contribution in [2.45, 2.75) is 12.8 Å². The Labute approximate surface area is 125 Å². The molecule has 2 rings (SSSR count). The number of benzene rings is 1. The molecule has 1 heterocycles. The summed E-state index contributed by atoms with van der Waals surface area (Å²) in [4.78, 5) is 23.8. The van der Waals surface area contributed by atoms with Gasteiger partial charge in [0.1, 0.15) is 0 Å². The van der Waals surface area contributed by atoms with E-state index in [1.165, 1.54) is 11.3 Å². The van der Waals surface area contributed by atoms with Crippen LogP contribution in [0.2, 0.25) is 5.02 Å². The third-order valence-electron chi connectivity index (χ3n) is 2.61. The van der Waals surface area contributed by atoms with Gasteiger partial charge < -0.3 is 0 Å². The lowest BCUT2D eigenvalue weighted by molar-refractivity contribution is -0.121. The lowest BCUT2D eigenvalue weighted by Crippen LogP contribution is -2.41. The van der Waals surface area contributed by atoms with Crippen LogP contribution >= 0.6 is 22.9 Å². The first-order valence-electron chi connectivity index (χ1n) is 6.02. The first kappa shape index (κ1) is 14.6. The van der Waals surface area contributed by atoms with E-state index in [2.05, 4.69) is 10.9 Å². The van der Waals surface area contributed by atoms with E-state index in [1.54, 1.807) is 29.6 Å². The van der Waals surface area contributed by atoms with Gasteiger partial charge in [0.05, 0.1) is 4.88 Å². The van der Waals surface area contributed by atoms with Crippen LogP contribution < -0.4 is 10.9 Å². The predicted molar refractivity (Wildman–Crippen MR) is 79.7 cm³/mol. The van der Waals surface area contributed by atoms with Gasteiger partial charge in [-0.25, -0.2) is 0 Å². The van der Waals surface area contributed by atoms with E-state index in [9.17, 15) is 9.59 Å². The van der Waals surface area contributed by atoms with Gasteiger partial charge in [0.25, 0.3) is 5.91 Å².